The van der Waals surface area contributed by atoms with Gasteiger partial charge in [-0.05, 0) is 58.8 Å². The molecule has 7 nitrogen and oxygen atoms in total. The van der Waals surface area contributed by atoms with Crippen molar-refractivity contribution in [1.29, 1.82) is 5.26 Å². The van der Waals surface area contributed by atoms with E-state index >= 15 is 0 Å². The molecular weight excluding hydrogens is 497 g/mol. The lowest BCUT2D eigenvalue weighted by Gasteiger charge is -2.15. The Hall–Kier alpha value is -2.73. The van der Waals surface area contributed by atoms with Gasteiger partial charge in [-0.2, -0.15) is 5.26 Å². The molecule has 0 saturated heterocycles. The fraction of sp³-hybridized carbons (Fsp3) is 0.150. The largest absolute Gasteiger partial charge is 0.490 e. The number of nitriles is 1. The number of carbonyl (C=O) groups excluding carboxylic acids is 2. The van der Waals surface area contributed by atoms with Crippen LogP contribution in [0, 0.1) is 11.3 Å². The topological polar surface area (TPSA) is 114 Å². The van der Waals surface area contributed by atoms with Crippen molar-refractivity contribution in [2.24, 2.45) is 5.73 Å². The van der Waals surface area contributed by atoms with Gasteiger partial charge in [0.05, 0.1) is 11.1 Å². The zero-order valence-electron chi connectivity index (χ0n) is 15.7. The highest BCUT2D eigenvalue weighted by atomic mass is 79.9. The third-order valence-corrected chi connectivity index (χ3v) is 4.81. The van der Waals surface area contributed by atoms with Crippen molar-refractivity contribution in [3.05, 3.63) is 61.5 Å². The van der Waals surface area contributed by atoms with Crippen molar-refractivity contribution >= 4 is 57.1 Å². The highest BCUT2D eigenvalue weighted by Crippen LogP contribution is 2.38. The summed E-state index contributed by atoms with van der Waals surface area (Å²) in [4.78, 5) is 22.7. The highest BCUT2D eigenvalue weighted by molar-refractivity contribution is 9.10. The number of nitrogens with zero attached hydrogens (tertiary/aromatic N) is 1. The van der Waals surface area contributed by atoms with Gasteiger partial charge in [-0.3, -0.25) is 10.1 Å². The number of benzene rings is 2. The number of nitrogens with one attached hydrogen (secondary N) is 1. The van der Waals surface area contributed by atoms with Crippen molar-refractivity contribution in [3.8, 4) is 17.6 Å². The lowest BCUT2D eigenvalue weighted by molar-refractivity contribution is -0.115. The Balaban J connectivity index is 2.35. The van der Waals surface area contributed by atoms with E-state index in [9.17, 15) is 14.9 Å². The third-order valence-electron chi connectivity index (χ3n) is 3.63. The molecule has 0 aliphatic carbocycles. The molecule has 0 radical (unpaired) electrons. The Labute approximate surface area is 191 Å². The van der Waals surface area contributed by atoms with E-state index in [1.807, 2.05) is 5.32 Å². The van der Waals surface area contributed by atoms with Crippen molar-refractivity contribution in [2.45, 2.75) is 13.5 Å². The number of halogens is 3. The number of ether oxygens (including phenoxy) is 2. The maximum atomic E-state index is 11.9. The quantitative estimate of drug-likeness (QED) is 0.407. The standard InChI is InChI=1S/C20H16BrCl2N3O4/c1-2-29-17-7-11(5-13(9-24)19(27)26-20(25)28)6-15(21)18(17)30-10-12-3-4-14(22)8-16(12)23/h3-8H,2,10H2,1H3,(H3,25,26,27,28)/b13-5-. The molecule has 0 atom stereocenters. The molecule has 0 bridgehead atoms. The molecule has 30 heavy (non-hydrogen) atoms. The summed E-state index contributed by atoms with van der Waals surface area (Å²) >= 11 is 15.5. The Bertz CT molecular complexity index is 1050. The van der Waals surface area contributed by atoms with Crippen molar-refractivity contribution in [2.75, 3.05) is 6.61 Å². The molecule has 10 heteroatoms. The summed E-state index contributed by atoms with van der Waals surface area (Å²) in [7, 11) is 0. The molecule has 156 valence electrons. The minimum absolute atomic E-state index is 0.161. The summed E-state index contributed by atoms with van der Waals surface area (Å²) in [6.07, 6.45) is 1.30. The van der Waals surface area contributed by atoms with Crippen LogP contribution in [0.25, 0.3) is 6.08 Å². The highest BCUT2D eigenvalue weighted by Gasteiger charge is 2.15. The van der Waals surface area contributed by atoms with Gasteiger partial charge in [0.1, 0.15) is 18.2 Å². The first-order valence-corrected chi connectivity index (χ1v) is 10.1. The van der Waals surface area contributed by atoms with Crippen molar-refractivity contribution in [3.63, 3.8) is 0 Å². The van der Waals surface area contributed by atoms with Crippen LogP contribution >= 0.6 is 39.1 Å². The molecule has 2 aromatic carbocycles. The van der Waals surface area contributed by atoms with Crippen LogP contribution in [-0.4, -0.2) is 18.5 Å². The fourth-order valence-electron chi connectivity index (χ4n) is 2.36. The number of imide groups is 1. The van der Waals surface area contributed by atoms with Crippen LogP contribution in [0.5, 0.6) is 11.5 Å². The first kappa shape index (κ1) is 23.5. The summed E-state index contributed by atoms with van der Waals surface area (Å²) in [5.41, 5.74) is 5.82. The molecule has 0 aliphatic heterocycles. The first-order chi connectivity index (χ1) is 14.2. The van der Waals surface area contributed by atoms with Crippen LogP contribution in [0.3, 0.4) is 0 Å². The molecule has 0 aromatic heterocycles. The molecule has 2 aromatic rings. The molecule has 0 heterocycles. The molecule has 3 amide bonds. The normalized spacial score (nSPS) is 10.8. The van der Waals surface area contributed by atoms with Crippen LogP contribution in [0.4, 0.5) is 4.79 Å². The van der Waals surface area contributed by atoms with Gasteiger partial charge < -0.3 is 15.2 Å². The SMILES string of the molecule is CCOc1cc(/C=C(/C#N)C(=O)NC(N)=O)cc(Br)c1OCc1ccc(Cl)cc1Cl. The second kappa shape index (κ2) is 10.9. The molecule has 0 spiro atoms. The van der Waals surface area contributed by atoms with E-state index in [0.29, 0.717) is 38.2 Å². The Morgan fingerprint density at radius 3 is 2.60 bits per heavy atom. The van der Waals surface area contributed by atoms with Crippen molar-refractivity contribution in [1.82, 2.24) is 5.32 Å². The summed E-state index contributed by atoms with van der Waals surface area (Å²) in [5.74, 6) is -0.104. The number of hydrogen-bond donors (Lipinski definition) is 2. The molecular formula is C20H16BrCl2N3O4. The van der Waals surface area contributed by atoms with Crippen molar-refractivity contribution < 1.29 is 19.1 Å². The van der Waals surface area contributed by atoms with Gasteiger partial charge in [-0.15, -0.1) is 0 Å². The van der Waals surface area contributed by atoms with Gasteiger partial charge in [0, 0.05) is 15.6 Å². The Kier molecular flexibility index (Phi) is 8.54. The summed E-state index contributed by atoms with van der Waals surface area (Å²) in [6.45, 7) is 2.32. The average Bonchev–Trinajstić information content (AvgIpc) is 2.66. The number of hydrogen-bond acceptors (Lipinski definition) is 5. The minimum atomic E-state index is -1.05. The predicted molar refractivity (Wildman–Crippen MR) is 117 cm³/mol. The number of rotatable bonds is 7. The van der Waals surface area contributed by atoms with E-state index in [4.69, 9.17) is 38.4 Å². The lowest BCUT2D eigenvalue weighted by Crippen LogP contribution is -2.35. The predicted octanol–water partition coefficient (Wildman–Crippen LogP) is 4.84. The van der Waals surface area contributed by atoms with Gasteiger partial charge in [0.15, 0.2) is 11.5 Å². The van der Waals surface area contributed by atoms with E-state index in [2.05, 4.69) is 15.9 Å². The van der Waals surface area contributed by atoms with E-state index in [1.165, 1.54) is 6.08 Å². The van der Waals surface area contributed by atoms with Crippen LogP contribution in [0.1, 0.15) is 18.1 Å². The zero-order valence-corrected chi connectivity index (χ0v) is 18.8. The van der Waals surface area contributed by atoms with E-state index in [1.54, 1.807) is 43.3 Å². The number of carbonyl (C=O) groups is 2. The maximum Gasteiger partial charge on any atom is 0.319 e. The van der Waals surface area contributed by atoms with E-state index in [-0.39, 0.29) is 12.2 Å². The molecule has 3 N–H and O–H groups in total. The molecule has 0 aliphatic rings. The monoisotopic (exact) mass is 511 g/mol. The first-order valence-electron chi connectivity index (χ1n) is 8.50. The van der Waals surface area contributed by atoms with Crippen LogP contribution in [0.15, 0.2) is 40.4 Å². The molecule has 0 saturated carbocycles. The second-order valence-corrected chi connectivity index (χ2v) is 7.47. The van der Waals surface area contributed by atoms with Crippen LogP contribution < -0.4 is 20.5 Å². The van der Waals surface area contributed by atoms with Gasteiger partial charge in [-0.25, -0.2) is 4.79 Å². The average molecular weight is 513 g/mol. The summed E-state index contributed by atoms with van der Waals surface area (Å²) in [5, 5.41) is 12.0. The molecule has 2 rings (SSSR count). The van der Waals surface area contributed by atoms with E-state index in [0.717, 1.165) is 5.56 Å². The lowest BCUT2D eigenvalue weighted by atomic mass is 10.1. The fourth-order valence-corrected chi connectivity index (χ4v) is 3.39. The smallest absolute Gasteiger partial charge is 0.319 e. The zero-order chi connectivity index (χ0) is 22.3. The third kappa shape index (κ3) is 6.39. The minimum Gasteiger partial charge on any atom is -0.490 e. The molecule has 0 fully saturated rings. The Morgan fingerprint density at radius 1 is 1.27 bits per heavy atom. The number of primary amides is 1. The number of nitrogens with two attached hydrogens (primary N) is 1. The molecule has 0 unspecified atom stereocenters. The summed E-state index contributed by atoms with van der Waals surface area (Å²) < 4.78 is 12.1. The summed E-state index contributed by atoms with van der Waals surface area (Å²) in [6, 6.07) is 8.99. The number of urea groups is 1. The van der Waals surface area contributed by atoms with Gasteiger partial charge >= 0.3 is 6.03 Å². The van der Waals surface area contributed by atoms with Gasteiger partial charge in [0.2, 0.25) is 0 Å². The number of amides is 3. The van der Waals surface area contributed by atoms with Gasteiger partial charge in [-0.1, -0.05) is 29.3 Å². The van der Waals surface area contributed by atoms with E-state index < -0.39 is 11.9 Å². The maximum absolute atomic E-state index is 11.9. The van der Waals surface area contributed by atoms with Crippen LogP contribution in [-0.2, 0) is 11.4 Å². The van der Waals surface area contributed by atoms with Gasteiger partial charge in [0.25, 0.3) is 5.91 Å². The Morgan fingerprint density at radius 2 is 2.00 bits per heavy atom. The second-order valence-electron chi connectivity index (χ2n) is 5.78. The van der Waals surface area contributed by atoms with Crippen LogP contribution in [0.2, 0.25) is 10.0 Å².